The van der Waals surface area contributed by atoms with Crippen LogP contribution in [0.4, 0.5) is 0 Å². The van der Waals surface area contributed by atoms with Crippen molar-refractivity contribution in [3.8, 4) is 5.75 Å². The number of hydrogen-bond acceptors (Lipinski definition) is 4. The maximum absolute atomic E-state index is 12.9. The fourth-order valence-electron chi connectivity index (χ4n) is 4.70. The van der Waals surface area contributed by atoms with Gasteiger partial charge in [-0.15, -0.1) is 0 Å². The summed E-state index contributed by atoms with van der Waals surface area (Å²) in [6.45, 7) is 1.91. The van der Waals surface area contributed by atoms with Gasteiger partial charge in [-0.25, -0.2) is 4.79 Å². The number of benzene rings is 2. The lowest BCUT2D eigenvalue weighted by atomic mass is 9.91. The van der Waals surface area contributed by atoms with Crippen LogP contribution in [0.25, 0.3) is 11.0 Å². The number of fused-ring (bicyclic) bond motifs is 1. The number of nitrogens with one attached hydrogen (secondary N) is 1. The molecular weight excluding hydrogens is 390 g/mol. The summed E-state index contributed by atoms with van der Waals surface area (Å²) < 4.78 is 10.7. The molecule has 1 aromatic heterocycles. The van der Waals surface area contributed by atoms with Crippen LogP contribution in [-0.2, 0) is 11.2 Å². The van der Waals surface area contributed by atoms with Crippen molar-refractivity contribution in [2.45, 2.75) is 51.5 Å². The van der Waals surface area contributed by atoms with Crippen LogP contribution < -0.4 is 15.7 Å². The maximum atomic E-state index is 12.9. The van der Waals surface area contributed by atoms with E-state index < -0.39 is 0 Å². The minimum Gasteiger partial charge on any atom is -0.497 e. The number of methoxy groups -OCH3 is 1. The van der Waals surface area contributed by atoms with Crippen molar-refractivity contribution in [2.24, 2.45) is 5.92 Å². The molecule has 162 valence electrons. The van der Waals surface area contributed by atoms with Crippen molar-refractivity contribution in [3.63, 3.8) is 0 Å². The van der Waals surface area contributed by atoms with Crippen LogP contribution in [0.1, 0.15) is 54.8 Å². The van der Waals surface area contributed by atoms with Crippen molar-refractivity contribution in [3.05, 3.63) is 75.6 Å². The molecule has 31 heavy (non-hydrogen) atoms. The third kappa shape index (κ3) is 4.66. The van der Waals surface area contributed by atoms with Crippen molar-refractivity contribution in [1.29, 1.82) is 0 Å². The molecular formula is C26H29NO4. The zero-order valence-electron chi connectivity index (χ0n) is 18.1. The molecule has 5 nitrogen and oxygen atoms in total. The van der Waals surface area contributed by atoms with Crippen LogP contribution in [0, 0.1) is 12.8 Å². The number of carbonyl (C=O) groups excluding carboxylic acids is 1. The molecule has 0 saturated heterocycles. The average molecular weight is 420 g/mol. The summed E-state index contributed by atoms with van der Waals surface area (Å²) in [5, 5.41) is 4.11. The minimum absolute atomic E-state index is 0.0257. The molecule has 1 fully saturated rings. The van der Waals surface area contributed by atoms with Crippen LogP contribution in [0.15, 0.2) is 57.7 Å². The van der Waals surface area contributed by atoms with Gasteiger partial charge in [0.1, 0.15) is 11.3 Å². The summed E-state index contributed by atoms with van der Waals surface area (Å²) in [5.74, 6) is 1.07. The van der Waals surface area contributed by atoms with Gasteiger partial charge in [0.15, 0.2) is 0 Å². The standard InChI is InChI=1S/C26H29NO4/c1-17-21-13-12-20(30-2)16-23(21)31-26(29)22(17)14-15-24(28)27-25(19-10-6-7-11-19)18-8-4-3-5-9-18/h3-5,8-9,12-13,16,19,25H,6-7,10-11,14-15H2,1-2H3,(H,27,28). The fraction of sp³-hybridized carbons (Fsp3) is 0.385. The maximum Gasteiger partial charge on any atom is 0.339 e. The number of rotatable bonds is 7. The minimum atomic E-state index is -0.388. The summed E-state index contributed by atoms with van der Waals surface area (Å²) in [6, 6.07) is 15.7. The second kappa shape index (κ2) is 9.38. The smallest absolute Gasteiger partial charge is 0.339 e. The third-order valence-electron chi connectivity index (χ3n) is 6.44. The van der Waals surface area contributed by atoms with E-state index in [9.17, 15) is 9.59 Å². The molecule has 0 bridgehead atoms. The summed E-state index contributed by atoms with van der Waals surface area (Å²) >= 11 is 0. The molecule has 2 aromatic carbocycles. The highest BCUT2D eigenvalue weighted by atomic mass is 16.5. The Hall–Kier alpha value is -3.08. The van der Waals surface area contributed by atoms with Gasteiger partial charge in [0.25, 0.3) is 0 Å². The van der Waals surface area contributed by atoms with E-state index in [0.717, 1.165) is 29.4 Å². The van der Waals surface area contributed by atoms with Crippen molar-refractivity contribution in [1.82, 2.24) is 5.32 Å². The van der Waals surface area contributed by atoms with Gasteiger partial charge >= 0.3 is 5.63 Å². The Morgan fingerprint density at radius 3 is 2.61 bits per heavy atom. The highest BCUT2D eigenvalue weighted by Gasteiger charge is 2.27. The highest BCUT2D eigenvalue weighted by Crippen LogP contribution is 2.35. The van der Waals surface area contributed by atoms with Crippen LogP contribution in [-0.4, -0.2) is 13.0 Å². The lowest BCUT2D eigenvalue weighted by molar-refractivity contribution is -0.122. The van der Waals surface area contributed by atoms with Crippen molar-refractivity contribution < 1.29 is 13.9 Å². The predicted molar refractivity (Wildman–Crippen MR) is 121 cm³/mol. The predicted octanol–water partition coefficient (Wildman–Crippen LogP) is 5.09. The molecule has 4 rings (SSSR count). The first-order valence-electron chi connectivity index (χ1n) is 11.0. The number of amides is 1. The largest absolute Gasteiger partial charge is 0.497 e. The monoisotopic (exact) mass is 419 g/mol. The van der Waals surface area contributed by atoms with E-state index in [2.05, 4.69) is 17.4 Å². The summed E-state index contributed by atoms with van der Waals surface area (Å²) in [6.07, 6.45) is 5.31. The van der Waals surface area contributed by atoms with Crippen molar-refractivity contribution in [2.75, 3.05) is 7.11 Å². The second-order valence-electron chi connectivity index (χ2n) is 8.36. The number of aryl methyl sites for hydroxylation is 1. The van der Waals surface area contributed by atoms with Crippen LogP contribution >= 0.6 is 0 Å². The summed E-state index contributed by atoms with van der Waals surface area (Å²) in [7, 11) is 1.58. The molecule has 1 saturated carbocycles. The van der Waals surface area contributed by atoms with Crippen LogP contribution in [0.2, 0.25) is 0 Å². The summed E-state index contributed by atoms with van der Waals surface area (Å²) in [4.78, 5) is 25.4. The van der Waals surface area contributed by atoms with E-state index in [1.54, 1.807) is 13.2 Å². The number of carbonyl (C=O) groups is 1. The van der Waals surface area contributed by atoms with Gasteiger partial charge in [0.2, 0.25) is 5.91 Å². The summed E-state index contributed by atoms with van der Waals surface area (Å²) in [5.41, 5.74) is 2.68. The van der Waals surface area contributed by atoms with Gasteiger partial charge in [0.05, 0.1) is 13.2 Å². The first-order valence-corrected chi connectivity index (χ1v) is 11.0. The van der Waals surface area contributed by atoms with E-state index in [1.807, 2.05) is 37.3 Å². The Balaban J connectivity index is 1.50. The van der Waals surface area contributed by atoms with E-state index in [1.165, 1.54) is 12.8 Å². The first kappa shape index (κ1) is 21.2. The molecule has 0 aliphatic heterocycles. The van der Waals surface area contributed by atoms with Gasteiger partial charge in [-0.05, 0) is 55.4 Å². The molecule has 1 atom stereocenters. The van der Waals surface area contributed by atoms with E-state index in [0.29, 0.717) is 29.2 Å². The molecule has 1 aliphatic carbocycles. The van der Waals surface area contributed by atoms with E-state index in [4.69, 9.17) is 9.15 Å². The van der Waals surface area contributed by atoms with E-state index in [-0.39, 0.29) is 24.0 Å². The molecule has 1 unspecified atom stereocenters. The van der Waals surface area contributed by atoms with Crippen molar-refractivity contribution >= 4 is 16.9 Å². The Morgan fingerprint density at radius 1 is 1.16 bits per heavy atom. The Kier molecular flexibility index (Phi) is 6.40. The average Bonchev–Trinajstić information content (AvgIpc) is 3.32. The lowest BCUT2D eigenvalue weighted by Gasteiger charge is -2.25. The number of hydrogen-bond donors (Lipinski definition) is 1. The molecule has 0 spiro atoms. The lowest BCUT2D eigenvalue weighted by Crippen LogP contribution is -2.33. The molecule has 1 heterocycles. The van der Waals surface area contributed by atoms with Crippen LogP contribution in [0.3, 0.4) is 0 Å². The van der Waals surface area contributed by atoms with Gasteiger partial charge in [-0.2, -0.15) is 0 Å². The Labute approximate surface area is 182 Å². The van der Waals surface area contributed by atoms with Crippen LogP contribution in [0.5, 0.6) is 5.75 Å². The Morgan fingerprint density at radius 2 is 1.90 bits per heavy atom. The SMILES string of the molecule is COc1ccc2c(C)c(CCC(=O)NC(c3ccccc3)C3CCCC3)c(=O)oc2c1. The zero-order chi connectivity index (χ0) is 21.8. The highest BCUT2D eigenvalue weighted by molar-refractivity contribution is 5.83. The molecule has 1 amide bonds. The molecule has 1 aliphatic rings. The molecule has 5 heteroatoms. The fourth-order valence-corrected chi connectivity index (χ4v) is 4.70. The van der Waals surface area contributed by atoms with E-state index >= 15 is 0 Å². The van der Waals surface area contributed by atoms with Gasteiger partial charge in [0, 0.05) is 23.4 Å². The van der Waals surface area contributed by atoms with Gasteiger partial charge in [-0.3, -0.25) is 4.79 Å². The molecule has 3 aromatic rings. The second-order valence-corrected chi connectivity index (χ2v) is 8.36. The quantitative estimate of drug-likeness (QED) is 0.542. The Bertz CT molecular complexity index is 1110. The topological polar surface area (TPSA) is 68.5 Å². The third-order valence-corrected chi connectivity index (χ3v) is 6.44. The van der Waals surface area contributed by atoms with Gasteiger partial charge in [-0.1, -0.05) is 43.2 Å². The molecule has 1 N–H and O–H groups in total. The molecule has 0 radical (unpaired) electrons. The normalized spacial score (nSPS) is 15.2. The van der Waals surface area contributed by atoms with Gasteiger partial charge < -0.3 is 14.5 Å². The zero-order valence-corrected chi connectivity index (χ0v) is 18.1. The first-order chi connectivity index (χ1) is 15.1. The number of ether oxygens (including phenoxy) is 1.